The minimum Gasteiger partial charge on any atom is -0.492 e. The lowest BCUT2D eigenvalue weighted by Gasteiger charge is -2.18. The lowest BCUT2D eigenvalue weighted by Crippen LogP contribution is -2.40. The molecule has 1 aromatic carbocycles. The predicted octanol–water partition coefficient (Wildman–Crippen LogP) is 1.29. The van der Waals surface area contributed by atoms with E-state index in [1.807, 2.05) is 51.1 Å². The SMILES string of the molecule is CCNC(=NCCS(=O)(=O)N(CC)CC)NCCOc1ccccc1. The van der Waals surface area contributed by atoms with Crippen LogP contribution in [0.4, 0.5) is 0 Å². The average molecular weight is 371 g/mol. The second-order valence-corrected chi connectivity index (χ2v) is 7.34. The molecule has 0 bridgehead atoms. The lowest BCUT2D eigenvalue weighted by atomic mass is 10.3. The van der Waals surface area contributed by atoms with E-state index < -0.39 is 10.0 Å². The van der Waals surface area contributed by atoms with Crippen LogP contribution in [0.3, 0.4) is 0 Å². The highest BCUT2D eigenvalue weighted by Crippen LogP contribution is 2.07. The van der Waals surface area contributed by atoms with Gasteiger partial charge < -0.3 is 15.4 Å². The Morgan fingerprint density at radius 2 is 1.80 bits per heavy atom. The number of aliphatic imine (C=N–C) groups is 1. The third-order valence-corrected chi connectivity index (χ3v) is 5.47. The van der Waals surface area contributed by atoms with E-state index in [0.717, 1.165) is 5.75 Å². The summed E-state index contributed by atoms with van der Waals surface area (Å²) >= 11 is 0. The minimum atomic E-state index is -3.25. The van der Waals surface area contributed by atoms with Crippen molar-refractivity contribution in [3.63, 3.8) is 0 Å². The molecule has 0 amide bonds. The highest BCUT2D eigenvalue weighted by molar-refractivity contribution is 7.89. The molecule has 0 saturated carbocycles. The van der Waals surface area contributed by atoms with Crippen molar-refractivity contribution in [2.45, 2.75) is 20.8 Å². The Balaban J connectivity index is 2.43. The third-order valence-electron chi connectivity index (χ3n) is 3.47. The van der Waals surface area contributed by atoms with E-state index in [4.69, 9.17) is 4.74 Å². The van der Waals surface area contributed by atoms with Crippen LogP contribution in [0.2, 0.25) is 0 Å². The molecule has 2 N–H and O–H groups in total. The van der Waals surface area contributed by atoms with Crippen molar-refractivity contribution in [1.82, 2.24) is 14.9 Å². The molecule has 8 heteroatoms. The van der Waals surface area contributed by atoms with E-state index in [9.17, 15) is 8.42 Å². The number of hydrogen-bond donors (Lipinski definition) is 2. The van der Waals surface area contributed by atoms with Gasteiger partial charge in [-0.3, -0.25) is 4.99 Å². The number of rotatable bonds is 11. The molecule has 25 heavy (non-hydrogen) atoms. The van der Waals surface area contributed by atoms with Crippen molar-refractivity contribution in [1.29, 1.82) is 0 Å². The smallest absolute Gasteiger partial charge is 0.215 e. The van der Waals surface area contributed by atoms with Gasteiger partial charge in [-0.05, 0) is 19.1 Å². The number of nitrogens with one attached hydrogen (secondary N) is 2. The summed E-state index contributed by atoms with van der Waals surface area (Å²) < 4.78 is 31.4. The molecule has 0 atom stereocenters. The van der Waals surface area contributed by atoms with E-state index >= 15 is 0 Å². The fraction of sp³-hybridized carbons (Fsp3) is 0.588. The number of benzene rings is 1. The predicted molar refractivity (Wildman–Crippen MR) is 103 cm³/mol. The summed E-state index contributed by atoms with van der Waals surface area (Å²) in [6.07, 6.45) is 0. The Morgan fingerprint density at radius 1 is 1.12 bits per heavy atom. The Bertz CT molecular complexity index is 602. The van der Waals surface area contributed by atoms with Gasteiger partial charge in [-0.1, -0.05) is 32.0 Å². The van der Waals surface area contributed by atoms with Crippen molar-refractivity contribution in [3.05, 3.63) is 30.3 Å². The van der Waals surface area contributed by atoms with Crippen LogP contribution in [-0.4, -0.2) is 63.8 Å². The maximum absolute atomic E-state index is 12.1. The van der Waals surface area contributed by atoms with Crippen molar-refractivity contribution < 1.29 is 13.2 Å². The molecule has 142 valence electrons. The maximum Gasteiger partial charge on any atom is 0.215 e. The first-order chi connectivity index (χ1) is 12.0. The van der Waals surface area contributed by atoms with Gasteiger partial charge >= 0.3 is 0 Å². The molecule has 7 nitrogen and oxygen atoms in total. The van der Waals surface area contributed by atoms with Gasteiger partial charge in [0.05, 0.1) is 18.8 Å². The molecule has 0 fully saturated rings. The molecule has 0 heterocycles. The molecule has 0 unspecified atom stereocenters. The first-order valence-corrected chi connectivity index (χ1v) is 10.3. The zero-order chi connectivity index (χ0) is 18.5. The quantitative estimate of drug-likeness (QED) is 0.348. The summed E-state index contributed by atoms with van der Waals surface area (Å²) in [6.45, 7) is 8.59. The van der Waals surface area contributed by atoms with Crippen LogP contribution in [0.15, 0.2) is 35.3 Å². The van der Waals surface area contributed by atoms with Crippen LogP contribution in [0.1, 0.15) is 20.8 Å². The van der Waals surface area contributed by atoms with Crippen molar-refractivity contribution in [2.75, 3.05) is 45.1 Å². The Morgan fingerprint density at radius 3 is 2.40 bits per heavy atom. The summed E-state index contributed by atoms with van der Waals surface area (Å²) in [5, 5.41) is 6.24. The van der Waals surface area contributed by atoms with Gasteiger partial charge in [-0.15, -0.1) is 0 Å². The molecule has 0 aliphatic carbocycles. The van der Waals surface area contributed by atoms with Gasteiger partial charge in [-0.25, -0.2) is 12.7 Å². The summed E-state index contributed by atoms with van der Waals surface area (Å²) in [7, 11) is -3.25. The van der Waals surface area contributed by atoms with E-state index in [1.165, 1.54) is 4.31 Å². The molecule has 1 rings (SSSR count). The van der Waals surface area contributed by atoms with Crippen molar-refractivity contribution in [3.8, 4) is 5.75 Å². The minimum absolute atomic E-state index is 0.00572. The molecule has 1 aromatic rings. The van der Waals surface area contributed by atoms with Crippen LogP contribution in [0.25, 0.3) is 0 Å². The van der Waals surface area contributed by atoms with Gasteiger partial charge in [0.2, 0.25) is 10.0 Å². The zero-order valence-corrected chi connectivity index (χ0v) is 16.2. The number of para-hydroxylation sites is 1. The molecule has 0 aromatic heterocycles. The van der Waals surface area contributed by atoms with E-state index in [-0.39, 0.29) is 12.3 Å². The second-order valence-electron chi connectivity index (χ2n) is 5.25. The fourth-order valence-electron chi connectivity index (χ4n) is 2.22. The summed E-state index contributed by atoms with van der Waals surface area (Å²) in [5.41, 5.74) is 0. The van der Waals surface area contributed by atoms with E-state index in [0.29, 0.717) is 38.7 Å². The van der Waals surface area contributed by atoms with Crippen LogP contribution >= 0.6 is 0 Å². The largest absolute Gasteiger partial charge is 0.492 e. The first-order valence-electron chi connectivity index (χ1n) is 8.71. The van der Waals surface area contributed by atoms with Gasteiger partial charge in [0.25, 0.3) is 0 Å². The number of guanidine groups is 1. The van der Waals surface area contributed by atoms with Gasteiger partial charge in [0.15, 0.2) is 5.96 Å². The maximum atomic E-state index is 12.1. The second kappa shape index (κ2) is 11.7. The zero-order valence-electron chi connectivity index (χ0n) is 15.4. The Labute approximate surface area is 151 Å². The summed E-state index contributed by atoms with van der Waals surface area (Å²) in [6, 6.07) is 9.58. The number of nitrogens with zero attached hydrogens (tertiary/aromatic N) is 2. The average Bonchev–Trinajstić information content (AvgIpc) is 2.60. The molecular formula is C17H30N4O3S. The van der Waals surface area contributed by atoms with E-state index in [1.54, 1.807) is 0 Å². The third kappa shape index (κ3) is 8.22. The van der Waals surface area contributed by atoms with Crippen molar-refractivity contribution >= 4 is 16.0 Å². The number of ether oxygens (including phenoxy) is 1. The van der Waals surface area contributed by atoms with Crippen LogP contribution in [0, 0.1) is 0 Å². The van der Waals surface area contributed by atoms with Gasteiger partial charge in [0, 0.05) is 19.6 Å². The van der Waals surface area contributed by atoms with Crippen LogP contribution < -0.4 is 15.4 Å². The summed E-state index contributed by atoms with van der Waals surface area (Å²) in [4.78, 5) is 4.33. The molecule has 0 saturated heterocycles. The molecular weight excluding hydrogens is 340 g/mol. The standard InChI is InChI=1S/C17H30N4O3S/c1-4-18-17(19-12-14-24-16-10-8-7-9-11-16)20-13-15-25(22,23)21(5-2)6-3/h7-11H,4-6,12-15H2,1-3H3,(H2,18,19,20). The normalized spacial score (nSPS) is 12.2. The highest BCUT2D eigenvalue weighted by Gasteiger charge is 2.17. The molecule has 0 aliphatic rings. The fourth-order valence-corrected chi connectivity index (χ4v) is 3.58. The monoisotopic (exact) mass is 370 g/mol. The molecule has 0 aliphatic heterocycles. The van der Waals surface area contributed by atoms with Gasteiger partial charge in [-0.2, -0.15) is 0 Å². The van der Waals surface area contributed by atoms with Crippen LogP contribution in [-0.2, 0) is 10.0 Å². The topological polar surface area (TPSA) is 83.0 Å². The van der Waals surface area contributed by atoms with Crippen molar-refractivity contribution in [2.24, 2.45) is 4.99 Å². The van der Waals surface area contributed by atoms with Gasteiger partial charge in [0.1, 0.15) is 12.4 Å². The van der Waals surface area contributed by atoms with Crippen LogP contribution in [0.5, 0.6) is 5.75 Å². The highest BCUT2D eigenvalue weighted by atomic mass is 32.2. The number of sulfonamides is 1. The molecule has 0 spiro atoms. The molecule has 0 radical (unpaired) electrons. The Hall–Kier alpha value is -1.80. The lowest BCUT2D eigenvalue weighted by molar-refractivity contribution is 0.322. The number of hydrogen-bond acceptors (Lipinski definition) is 4. The Kier molecular flexibility index (Phi) is 9.94. The first kappa shape index (κ1) is 21.2. The summed E-state index contributed by atoms with van der Waals surface area (Å²) in [5.74, 6) is 1.41. The van der Waals surface area contributed by atoms with E-state index in [2.05, 4.69) is 15.6 Å².